The standard InChI is InChI=1S/C18H20N2O5S/c1-12(13-5-4-6-14(9-13)20(22)23)26-11-18(21)19-16-10-15(24-2)7-8-17(16)25-3/h4-10,12H,11H2,1-3H3,(H,19,21)/t12-/m0/s1. The molecule has 0 fully saturated rings. The summed E-state index contributed by atoms with van der Waals surface area (Å²) >= 11 is 1.39. The highest BCUT2D eigenvalue weighted by Gasteiger charge is 2.14. The normalized spacial score (nSPS) is 11.5. The Kier molecular flexibility index (Phi) is 6.85. The minimum absolute atomic E-state index is 0.0421. The number of ether oxygens (including phenoxy) is 2. The summed E-state index contributed by atoms with van der Waals surface area (Å²) in [6.07, 6.45) is 0. The van der Waals surface area contributed by atoms with Gasteiger partial charge in [0.1, 0.15) is 11.5 Å². The van der Waals surface area contributed by atoms with Crippen LogP contribution in [0.4, 0.5) is 11.4 Å². The van der Waals surface area contributed by atoms with Crippen LogP contribution in [-0.4, -0.2) is 30.8 Å². The van der Waals surface area contributed by atoms with Crippen molar-refractivity contribution in [2.45, 2.75) is 12.2 Å². The van der Waals surface area contributed by atoms with Crippen LogP contribution in [0.3, 0.4) is 0 Å². The number of carbonyl (C=O) groups excluding carboxylic acids is 1. The van der Waals surface area contributed by atoms with Crippen LogP contribution in [0.5, 0.6) is 11.5 Å². The molecule has 2 aromatic rings. The number of hydrogen-bond donors (Lipinski definition) is 1. The van der Waals surface area contributed by atoms with E-state index in [2.05, 4.69) is 5.32 Å². The highest BCUT2D eigenvalue weighted by Crippen LogP contribution is 2.32. The van der Waals surface area contributed by atoms with Crippen LogP contribution in [0.2, 0.25) is 0 Å². The van der Waals surface area contributed by atoms with Crippen LogP contribution in [0.15, 0.2) is 42.5 Å². The lowest BCUT2D eigenvalue weighted by Gasteiger charge is -2.14. The van der Waals surface area contributed by atoms with E-state index in [1.807, 2.05) is 13.0 Å². The molecule has 1 amide bonds. The third-order valence-electron chi connectivity index (χ3n) is 3.70. The molecule has 2 aromatic carbocycles. The van der Waals surface area contributed by atoms with E-state index in [1.165, 1.54) is 31.0 Å². The molecule has 1 atom stereocenters. The largest absolute Gasteiger partial charge is 0.497 e. The Labute approximate surface area is 155 Å². The number of benzene rings is 2. The predicted molar refractivity (Wildman–Crippen MR) is 102 cm³/mol. The number of anilines is 1. The Bertz CT molecular complexity index is 797. The molecule has 0 aliphatic heterocycles. The van der Waals surface area contributed by atoms with Crippen molar-refractivity contribution in [1.29, 1.82) is 0 Å². The summed E-state index contributed by atoms with van der Waals surface area (Å²) in [6.45, 7) is 1.91. The summed E-state index contributed by atoms with van der Waals surface area (Å²) in [5.41, 5.74) is 1.37. The second kappa shape index (κ2) is 9.10. The fraction of sp³-hybridized carbons (Fsp3) is 0.278. The third-order valence-corrected chi connectivity index (χ3v) is 4.90. The van der Waals surface area contributed by atoms with Gasteiger partial charge in [0, 0.05) is 23.4 Å². The van der Waals surface area contributed by atoms with E-state index in [0.29, 0.717) is 17.2 Å². The molecule has 0 saturated carbocycles. The zero-order valence-corrected chi connectivity index (χ0v) is 15.5. The molecule has 0 spiro atoms. The topological polar surface area (TPSA) is 90.7 Å². The molecular weight excluding hydrogens is 356 g/mol. The van der Waals surface area contributed by atoms with Crippen LogP contribution in [-0.2, 0) is 4.79 Å². The molecule has 0 unspecified atom stereocenters. The summed E-state index contributed by atoms with van der Waals surface area (Å²) in [5, 5.41) is 13.6. The molecule has 7 nitrogen and oxygen atoms in total. The fourth-order valence-corrected chi connectivity index (χ4v) is 3.10. The summed E-state index contributed by atoms with van der Waals surface area (Å²) in [6, 6.07) is 11.6. The van der Waals surface area contributed by atoms with Crippen LogP contribution < -0.4 is 14.8 Å². The smallest absolute Gasteiger partial charge is 0.269 e. The Morgan fingerprint density at radius 1 is 1.23 bits per heavy atom. The van der Waals surface area contributed by atoms with Crippen LogP contribution >= 0.6 is 11.8 Å². The molecule has 26 heavy (non-hydrogen) atoms. The number of amides is 1. The quantitative estimate of drug-likeness (QED) is 0.552. The molecule has 8 heteroatoms. The van der Waals surface area contributed by atoms with Crippen molar-refractivity contribution >= 4 is 29.0 Å². The van der Waals surface area contributed by atoms with Crippen molar-refractivity contribution in [3.63, 3.8) is 0 Å². The van der Waals surface area contributed by atoms with Gasteiger partial charge in [0.25, 0.3) is 5.69 Å². The number of nitrogens with zero attached hydrogens (tertiary/aromatic N) is 1. The number of hydrogen-bond acceptors (Lipinski definition) is 6. The van der Waals surface area contributed by atoms with Gasteiger partial charge >= 0.3 is 0 Å². The van der Waals surface area contributed by atoms with Crippen LogP contribution in [0, 0.1) is 10.1 Å². The Morgan fingerprint density at radius 2 is 2.00 bits per heavy atom. The van der Waals surface area contributed by atoms with E-state index in [9.17, 15) is 14.9 Å². The highest BCUT2D eigenvalue weighted by atomic mass is 32.2. The van der Waals surface area contributed by atoms with E-state index in [-0.39, 0.29) is 22.6 Å². The second-order valence-corrected chi connectivity index (χ2v) is 6.75. The monoisotopic (exact) mass is 376 g/mol. The molecule has 0 saturated heterocycles. The van der Waals surface area contributed by atoms with Gasteiger partial charge in [-0.2, -0.15) is 0 Å². The number of methoxy groups -OCH3 is 2. The molecule has 0 bridgehead atoms. The zero-order valence-electron chi connectivity index (χ0n) is 14.7. The Morgan fingerprint density at radius 3 is 2.65 bits per heavy atom. The molecule has 0 radical (unpaired) electrons. The SMILES string of the molecule is COc1ccc(OC)c(NC(=O)CS[C@@H](C)c2cccc([N+](=O)[O-])c2)c1. The first-order chi connectivity index (χ1) is 12.4. The molecule has 1 N–H and O–H groups in total. The van der Waals surface area contributed by atoms with Gasteiger partial charge in [-0.15, -0.1) is 11.8 Å². The summed E-state index contributed by atoms with van der Waals surface area (Å²) in [5.74, 6) is 1.15. The first-order valence-electron chi connectivity index (χ1n) is 7.82. The number of rotatable bonds is 8. The summed E-state index contributed by atoms with van der Waals surface area (Å²) < 4.78 is 10.4. The summed E-state index contributed by atoms with van der Waals surface area (Å²) in [4.78, 5) is 22.7. The van der Waals surface area contributed by atoms with E-state index in [1.54, 1.807) is 31.4 Å². The first kappa shape index (κ1) is 19.6. The molecule has 2 rings (SSSR count). The maximum absolute atomic E-state index is 12.3. The van der Waals surface area contributed by atoms with E-state index < -0.39 is 4.92 Å². The van der Waals surface area contributed by atoms with Gasteiger partial charge in [-0.05, 0) is 24.6 Å². The number of nitro groups is 1. The molecule has 0 aromatic heterocycles. The van der Waals surface area contributed by atoms with Gasteiger partial charge in [-0.3, -0.25) is 14.9 Å². The average molecular weight is 376 g/mol. The number of non-ortho nitro benzene ring substituents is 1. The third kappa shape index (κ3) is 5.13. The number of nitrogens with one attached hydrogen (secondary N) is 1. The number of carbonyl (C=O) groups is 1. The van der Waals surface area contributed by atoms with Crippen molar-refractivity contribution in [2.75, 3.05) is 25.3 Å². The minimum atomic E-state index is -0.428. The minimum Gasteiger partial charge on any atom is -0.497 e. The maximum Gasteiger partial charge on any atom is 0.269 e. The van der Waals surface area contributed by atoms with Gasteiger partial charge in [0.2, 0.25) is 5.91 Å². The Hall–Kier alpha value is -2.74. The van der Waals surface area contributed by atoms with E-state index >= 15 is 0 Å². The predicted octanol–water partition coefficient (Wildman–Crippen LogP) is 4.04. The van der Waals surface area contributed by atoms with Crippen molar-refractivity contribution in [3.8, 4) is 11.5 Å². The second-order valence-electron chi connectivity index (χ2n) is 5.42. The van der Waals surface area contributed by atoms with Crippen LogP contribution in [0.1, 0.15) is 17.7 Å². The molecule has 0 heterocycles. The lowest BCUT2D eigenvalue weighted by Crippen LogP contribution is -2.15. The summed E-state index contributed by atoms with van der Waals surface area (Å²) in [7, 11) is 3.07. The van der Waals surface area contributed by atoms with E-state index in [0.717, 1.165) is 5.56 Å². The molecule has 0 aliphatic rings. The van der Waals surface area contributed by atoms with Crippen molar-refractivity contribution < 1.29 is 19.2 Å². The maximum atomic E-state index is 12.3. The van der Waals surface area contributed by atoms with Crippen molar-refractivity contribution in [3.05, 3.63) is 58.1 Å². The number of nitro benzene ring substituents is 1. The lowest BCUT2D eigenvalue weighted by atomic mass is 10.1. The van der Waals surface area contributed by atoms with Gasteiger partial charge in [0.15, 0.2) is 0 Å². The van der Waals surface area contributed by atoms with Gasteiger partial charge < -0.3 is 14.8 Å². The van der Waals surface area contributed by atoms with Gasteiger partial charge in [0.05, 0.1) is 30.6 Å². The molecule has 0 aliphatic carbocycles. The van der Waals surface area contributed by atoms with Crippen LogP contribution in [0.25, 0.3) is 0 Å². The zero-order chi connectivity index (χ0) is 19.1. The first-order valence-corrected chi connectivity index (χ1v) is 8.87. The van der Waals surface area contributed by atoms with Gasteiger partial charge in [-0.25, -0.2) is 0 Å². The average Bonchev–Trinajstić information content (AvgIpc) is 2.66. The highest BCUT2D eigenvalue weighted by molar-refractivity contribution is 8.00. The van der Waals surface area contributed by atoms with E-state index in [4.69, 9.17) is 9.47 Å². The lowest BCUT2D eigenvalue weighted by molar-refractivity contribution is -0.384. The fourth-order valence-electron chi connectivity index (χ4n) is 2.29. The van der Waals surface area contributed by atoms with Gasteiger partial charge in [-0.1, -0.05) is 12.1 Å². The van der Waals surface area contributed by atoms with Crippen molar-refractivity contribution in [2.24, 2.45) is 0 Å². The Balaban J connectivity index is 1.98. The molecular formula is C18H20N2O5S. The number of thioether (sulfide) groups is 1. The molecule has 138 valence electrons. The van der Waals surface area contributed by atoms with Crippen molar-refractivity contribution in [1.82, 2.24) is 0 Å².